The molecule has 1 heterocycles. The summed E-state index contributed by atoms with van der Waals surface area (Å²) >= 11 is 0. The van der Waals surface area contributed by atoms with Crippen LogP contribution in [0.3, 0.4) is 0 Å². The summed E-state index contributed by atoms with van der Waals surface area (Å²) in [6.07, 6.45) is 6.35. The van der Waals surface area contributed by atoms with E-state index in [1.54, 1.807) is 24.3 Å². The average Bonchev–Trinajstić information content (AvgIpc) is 2.84. The minimum atomic E-state index is -0.317. The number of aromatic nitrogens is 1. The molecule has 3 rings (SSSR count). The Morgan fingerprint density at radius 3 is 2.55 bits per heavy atom. The number of amides is 1. The van der Waals surface area contributed by atoms with Crippen molar-refractivity contribution in [3.8, 4) is 0 Å². The molecule has 1 aromatic heterocycles. The second-order valence-corrected chi connectivity index (χ2v) is 7.89. The lowest BCUT2D eigenvalue weighted by Crippen LogP contribution is -2.26. The molecule has 0 unspecified atom stereocenters. The van der Waals surface area contributed by atoms with Crippen molar-refractivity contribution in [3.05, 3.63) is 64.7 Å². The number of nitrogens with zero attached hydrogens (tertiary/aromatic N) is 2. The van der Waals surface area contributed by atoms with Crippen LogP contribution in [0.15, 0.2) is 41.5 Å². The standard InChI is InChI=1S/C22H28FN5O.C2H4O2/c1-15-11-18(21(24)28-26-14-16-5-3-2-4-6-16)12-20(27-15)22(29)25-13-17-7-9-19(23)10-8-17;1-4-2-3/h7-12,16,26H,2-6,13-14H2,1H3,(H2,24,28)(H,25,29);2H,1H3. The molecular formula is C24H32FN5O3. The highest BCUT2D eigenvalue weighted by atomic mass is 19.1. The van der Waals surface area contributed by atoms with Crippen molar-refractivity contribution in [1.29, 1.82) is 0 Å². The summed E-state index contributed by atoms with van der Waals surface area (Å²) in [6, 6.07) is 9.43. The van der Waals surface area contributed by atoms with Gasteiger partial charge in [-0.25, -0.2) is 9.37 Å². The summed E-state index contributed by atoms with van der Waals surface area (Å²) in [4.78, 5) is 25.7. The first-order valence-electron chi connectivity index (χ1n) is 11.0. The third-order valence-corrected chi connectivity index (χ3v) is 5.25. The summed E-state index contributed by atoms with van der Waals surface area (Å²) in [7, 11) is 1.31. The van der Waals surface area contributed by atoms with Gasteiger partial charge < -0.3 is 21.2 Å². The molecule has 2 aromatic rings. The van der Waals surface area contributed by atoms with Crippen LogP contribution >= 0.6 is 0 Å². The van der Waals surface area contributed by atoms with Gasteiger partial charge in [-0.3, -0.25) is 9.59 Å². The summed E-state index contributed by atoms with van der Waals surface area (Å²) in [5.74, 6) is 0.352. The number of hydrogen-bond donors (Lipinski definition) is 3. The number of amidine groups is 1. The van der Waals surface area contributed by atoms with E-state index < -0.39 is 0 Å². The van der Waals surface area contributed by atoms with E-state index in [1.807, 2.05) is 6.92 Å². The Labute approximate surface area is 193 Å². The van der Waals surface area contributed by atoms with Gasteiger partial charge in [0, 0.05) is 24.3 Å². The lowest BCUT2D eigenvalue weighted by atomic mass is 9.89. The lowest BCUT2D eigenvalue weighted by Gasteiger charge is -2.20. The first-order chi connectivity index (χ1) is 15.9. The van der Waals surface area contributed by atoms with Gasteiger partial charge in [-0.15, -0.1) is 0 Å². The van der Waals surface area contributed by atoms with E-state index in [1.165, 1.54) is 51.3 Å². The van der Waals surface area contributed by atoms with E-state index in [4.69, 9.17) is 10.5 Å². The van der Waals surface area contributed by atoms with Crippen LogP contribution in [0.4, 0.5) is 4.39 Å². The summed E-state index contributed by atoms with van der Waals surface area (Å²) in [5, 5.41) is 7.08. The van der Waals surface area contributed by atoms with Crippen molar-refractivity contribution in [2.75, 3.05) is 13.7 Å². The molecule has 178 valence electrons. The van der Waals surface area contributed by atoms with Gasteiger partial charge in [-0.05, 0) is 55.5 Å². The third kappa shape index (κ3) is 9.26. The maximum Gasteiger partial charge on any atom is 0.292 e. The quantitative estimate of drug-likeness (QED) is 0.243. The van der Waals surface area contributed by atoms with Crippen molar-refractivity contribution in [2.45, 2.75) is 45.6 Å². The van der Waals surface area contributed by atoms with Crippen LogP contribution in [-0.4, -0.2) is 36.9 Å². The zero-order valence-electron chi connectivity index (χ0n) is 19.1. The molecule has 1 aliphatic rings. The van der Waals surface area contributed by atoms with E-state index in [-0.39, 0.29) is 24.0 Å². The summed E-state index contributed by atoms with van der Waals surface area (Å²) in [5.41, 5.74) is 11.6. The first kappa shape index (κ1) is 25.8. The van der Waals surface area contributed by atoms with Crippen molar-refractivity contribution in [2.24, 2.45) is 16.8 Å². The fourth-order valence-corrected chi connectivity index (χ4v) is 3.52. The topological polar surface area (TPSA) is 119 Å². The normalized spacial score (nSPS) is 14.0. The van der Waals surface area contributed by atoms with E-state index in [0.717, 1.165) is 12.1 Å². The van der Waals surface area contributed by atoms with Crippen molar-refractivity contribution < 1.29 is 18.7 Å². The molecular weight excluding hydrogens is 425 g/mol. The van der Waals surface area contributed by atoms with E-state index in [0.29, 0.717) is 29.5 Å². The number of hydrogen-bond acceptors (Lipinski definition) is 6. The van der Waals surface area contributed by atoms with Crippen LogP contribution in [0.2, 0.25) is 0 Å². The maximum atomic E-state index is 13.0. The molecule has 1 amide bonds. The number of carbonyl (C=O) groups excluding carboxylic acids is 2. The number of benzene rings is 1. The molecule has 0 bridgehead atoms. The molecule has 0 atom stereocenters. The largest absolute Gasteiger partial charge is 0.471 e. The van der Waals surface area contributed by atoms with Crippen LogP contribution in [0, 0.1) is 18.7 Å². The van der Waals surface area contributed by atoms with Crippen LogP contribution in [-0.2, 0) is 16.1 Å². The van der Waals surface area contributed by atoms with Crippen molar-refractivity contribution in [3.63, 3.8) is 0 Å². The number of nitrogens with one attached hydrogen (secondary N) is 2. The Morgan fingerprint density at radius 2 is 1.91 bits per heavy atom. The molecule has 0 aliphatic heterocycles. The third-order valence-electron chi connectivity index (χ3n) is 5.25. The number of hydrazone groups is 1. The Hall–Kier alpha value is -3.49. The SMILES string of the molecule is COC=O.Cc1cc(/C(N)=N/NCC2CCCCC2)cc(C(=O)NCc2ccc(F)cc2)n1. The molecule has 9 heteroatoms. The molecule has 0 spiro atoms. The Morgan fingerprint density at radius 1 is 1.24 bits per heavy atom. The second-order valence-electron chi connectivity index (χ2n) is 7.89. The van der Waals surface area contributed by atoms with Crippen molar-refractivity contribution >= 4 is 18.2 Å². The highest BCUT2D eigenvalue weighted by Crippen LogP contribution is 2.22. The number of pyridine rings is 1. The average molecular weight is 458 g/mol. The minimum Gasteiger partial charge on any atom is -0.471 e. The Bertz CT molecular complexity index is 928. The fraction of sp³-hybridized carbons (Fsp3) is 0.417. The zero-order valence-corrected chi connectivity index (χ0v) is 19.1. The van der Waals surface area contributed by atoms with Crippen molar-refractivity contribution in [1.82, 2.24) is 15.7 Å². The van der Waals surface area contributed by atoms with Gasteiger partial charge in [0.25, 0.3) is 12.4 Å². The molecule has 1 saturated carbocycles. The van der Waals surface area contributed by atoms with E-state index in [9.17, 15) is 9.18 Å². The number of rotatable bonds is 8. The van der Waals surface area contributed by atoms with Crippen LogP contribution in [0.1, 0.15) is 59.4 Å². The predicted octanol–water partition coefficient (Wildman–Crippen LogP) is 3.04. The van der Waals surface area contributed by atoms with Gasteiger partial charge in [0.15, 0.2) is 5.84 Å². The number of halogens is 1. The number of methoxy groups -OCH3 is 1. The maximum absolute atomic E-state index is 13.0. The molecule has 0 saturated heterocycles. The van der Waals surface area contributed by atoms with Gasteiger partial charge in [0.05, 0.1) is 7.11 Å². The molecule has 8 nitrogen and oxygen atoms in total. The fourth-order valence-electron chi connectivity index (χ4n) is 3.52. The molecule has 0 radical (unpaired) electrons. The summed E-state index contributed by atoms with van der Waals surface area (Å²) in [6.45, 7) is 3.29. The minimum absolute atomic E-state index is 0.271. The van der Waals surface area contributed by atoms with E-state index >= 15 is 0 Å². The molecule has 33 heavy (non-hydrogen) atoms. The van der Waals surface area contributed by atoms with E-state index in [2.05, 4.69) is 25.6 Å². The molecule has 4 N–H and O–H groups in total. The molecule has 1 fully saturated rings. The zero-order chi connectivity index (χ0) is 24.1. The van der Waals surface area contributed by atoms with Gasteiger partial charge in [-0.1, -0.05) is 31.4 Å². The number of ether oxygens (including phenoxy) is 1. The highest BCUT2D eigenvalue weighted by molar-refractivity contribution is 6.00. The monoisotopic (exact) mass is 457 g/mol. The number of carbonyl (C=O) groups is 2. The smallest absolute Gasteiger partial charge is 0.292 e. The van der Waals surface area contributed by atoms with Crippen LogP contribution in [0.5, 0.6) is 0 Å². The van der Waals surface area contributed by atoms with Crippen LogP contribution < -0.4 is 16.5 Å². The summed E-state index contributed by atoms with van der Waals surface area (Å²) < 4.78 is 16.8. The lowest BCUT2D eigenvalue weighted by molar-refractivity contribution is -0.126. The van der Waals surface area contributed by atoms with Gasteiger partial charge in [0.1, 0.15) is 11.5 Å². The Kier molecular flexibility index (Phi) is 10.8. The van der Waals surface area contributed by atoms with Gasteiger partial charge in [0.2, 0.25) is 0 Å². The molecule has 1 aromatic carbocycles. The second kappa shape index (κ2) is 13.8. The number of nitrogens with two attached hydrogens (primary N) is 1. The van der Waals surface area contributed by atoms with Gasteiger partial charge in [-0.2, -0.15) is 5.10 Å². The first-order valence-corrected chi connectivity index (χ1v) is 11.0. The number of aryl methyl sites for hydroxylation is 1. The highest BCUT2D eigenvalue weighted by Gasteiger charge is 2.14. The van der Waals surface area contributed by atoms with Gasteiger partial charge >= 0.3 is 0 Å². The van der Waals surface area contributed by atoms with Crippen LogP contribution in [0.25, 0.3) is 0 Å². The predicted molar refractivity (Wildman–Crippen MR) is 125 cm³/mol. The molecule has 1 aliphatic carbocycles. The Balaban J connectivity index is 0.000000890.